The fourth-order valence-corrected chi connectivity index (χ4v) is 6.74. The highest BCUT2D eigenvalue weighted by Gasteiger charge is 2.53. The summed E-state index contributed by atoms with van der Waals surface area (Å²) in [6.45, 7) is 12.6. The molecule has 190 valence electrons. The van der Waals surface area contributed by atoms with Crippen LogP contribution in [0, 0.1) is 6.92 Å². The van der Waals surface area contributed by atoms with Crippen LogP contribution in [0.3, 0.4) is 0 Å². The third-order valence-electron chi connectivity index (χ3n) is 7.69. The Balaban J connectivity index is 1.56. The van der Waals surface area contributed by atoms with Crippen molar-refractivity contribution in [2.75, 3.05) is 33.9 Å². The van der Waals surface area contributed by atoms with Gasteiger partial charge in [0.2, 0.25) is 0 Å². The number of rotatable bonds is 8. The first-order chi connectivity index (χ1) is 16.9. The normalized spacial score (nSPS) is 19.3. The fourth-order valence-electron chi connectivity index (χ4n) is 5.74. The number of hydrogen-bond donors (Lipinski definition) is 0. The number of hydrogen-bond acceptors (Lipinski definition) is 5. The number of amides is 2. The molecule has 2 fully saturated rings. The molecule has 35 heavy (non-hydrogen) atoms. The molecule has 4 rings (SSSR count). The van der Waals surface area contributed by atoms with Gasteiger partial charge in [0.1, 0.15) is 11.5 Å². The van der Waals surface area contributed by atoms with Gasteiger partial charge in [0.15, 0.2) is 0 Å². The molecule has 2 aliphatic heterocycles. The van der Waals surface area contributed by atoms with E-state index in [4.69, 9.17) is 9.47 Å². The quantitative estimate of drug-likeness (QED) is 0.460. The van der Waals surface area contributed by atoms with Gasteiger partial charge in [-0.25, -0.2) is 4.79 Å². The molecule has 0 N–H and O–H groups in total. The number of likely N-dealkylation sites (tertiary alicyclic amines) is 1. The van der Waals surface area contributed by atoms with E-state index in [2.05, 4.69) is 48.8 Å². The molecule has 3 heterocycles. The van der Waals surface area contributed by atoms with Gasteiger partial charge in [0.05, 0.1) is 26.3 Å². The van der Waals surface area contributed by atoms with Crippen LogP contribution >= 0.6 is 11.3 Å². The largest absolute Gasteiger partial charge is 0.497 e. The molecule has 1 spiro atoms. The van der Waals surface area contributed by atoms with Crippen LogP contribution in [0.2, 0.25) is 0 Å². The Bertz CT molecular complexity index is 1090. The van der Waals surface area contributed by atoms with E-state index < -0.39 is 0 Å². The van der Waals surface area contributed by atoms with Gasteiger partial charge in [-0.05, 0) is 69.4 Å². The zero-order valence-electron chi connectivity index (χ0n) is 22.0. The lowest BCUT2D eigenvalue weighted by Gasteiger charge is -2.44. The number of urea groups is 1. The van der Waals surface area contributed by atoms with Crippen molar-refractivity contribution < 1.29 is 14.3 Å². The number of allylic oxidation sites excluding steroid dienone is 1. The number of ether oxygens (including phenoxy) is 2. The number of piperidine rings is 1. The second-order valence-electron chi connectivity index (χ2n) is 9.43. The molecular formula is C28H39N3O3S. The summed E-state index contributed by atoms with van der Waals surface area (Å²) in [5, 5.41) is 0. The standard InChI is InChI=1S/C28H39N3O3S/c1-7-23-10-11-24(35-23)19-29-14-12-28(13-15-29)26(8-2)30(27(32)31(28)9-3)18-21-16-22(33-5)17-25(34-6)20(21)4/h8,10-11,16-17H,7,9,12-15,18-19H2,1-6H3/b26-8-. The van der Waals surface area contributed by atoms with E-state index in [9.17, 15) is 4.79 Å². The minimum absolute atomic E-state index is 0.0982. The molecule has 2 amide bonds. The van der Waals surface area contributed by atoms with Gasteiger partial charge in [-0.3, -0.25) is 9.80 Å². The number of aryl methyl sites for hydroxylation is 1. The van der Waals surface area contributed by atoms with E-state index in [0.29, 0.717) is 13.1 Å². The lowest BCUT2D eigenvalue weighted by atomic mass is 9.83. The molecule has 6 nitrogen and oxygen atoms in total. The van der Waals surface area contributed by atoms with E-state index in [1.807, 2.05) is 35.3 Å². The minimum atomic E-state index is -0.238. The van der Waals surface area contributed by atoms with Crippen molar-refractivity contribution in [1.29, 1.82) is 0 Å². The first kappa shape index (κ1) is 25.6. The molecule has 1 aromatic carbocycles. The summed E-state index contributed by atoms with van der Waals surface area (Å²) in [6.07, 6.45) is 5.16. The first-order valence-electron chi connectivity index (χ1n) is 12.7. The van der Waals surface area contributed by atoms with E-state index in [0.717, 1.165) is 67.2 Å². The van der Waals surface area contributed by atoms with Gasteiger partial charge in [0, 0.05) is 47.7 Å². The Morgan fingerprint density at radius 2 is 1.77 bits per heavy atom. The SMILES string of the molecule is C/C=C1\N(Cc2cc(OC)cc(OC)c2C)C(=O)N(CC)C12CCN(Cc1ccc(CC)s1)CC2. The number of carbonyl (C=O) groups excluding carboxylic acids is 1. The third-order valence-corrected chi connectivity index (χ3v) is 8.90. The topological polar surface area (TPSA) is 45.3 Å². The molecule has 2 saturated heterocycles. The monoisotopic (exact) mass is 497 g/mol. The highest BCUT2D eigenvalue weighted by molar-refractivity contribution is 7.11. The molecule has 0 aliphatic carbocycles. The summed E-state index contributed by atoms with van der Waals surface area (Å²) >= 11 is 1.92. The van der Waals surface area contributed by atoms with Crippen LogP contribution in [0.5, 0.6) is 11.5 Å². The Morgan fingerprint density at radius 3 is 2.34 bits per heavy atom. The van der Waals surface area contributed by atoms with Crippen molar-refractivity contribution in [1.82, 2.24) is 14.7 Å². The van der Waals surface area contributed by atoms with Gasteiger partial charge < -0.3 is 14.4 Å². The Labute approximate surface area is 214 Å². The molecule has 1 aromatic heterocycles. The highest BCUT2D eigenvalue weighted by atomic mass is 32.1. The van der Waals surface area contributed by atoms with Gasteiger partial charge >= 0.3 is 6.03 Å². The highest BCUT2D eigenvalue weighted by Crippen LogP contribution is 2.45. The minimum Gasteiger partial charge on any atom is -0.497 e. The van der Waals surface area contributed by atoms with Crippen LogP contribution in [-0.2, 0) is 19.5 Å². The summed E-state index contributed by atoms with van der Waals surface area (Å²) in [5.74, 6) is 1.52. The maximum atomic E-state index is 13.7. The Kier molecular flexibility index (Phi) is 7.77. The van der Waals surface area contributed by atoms with Crippen LogP contribution in [-0.4, -0.2) is 60.1 Å². The molecular weight excluding hydrogens is 458 g/mol. The number of methoxy groups -OCH3 is 2. The zero-order valence-corrected chi connectivity index (χ0v) is 22.8. The van der Waals surface area contributed by atoms with Gasteiger partial charge in [-0.15, -0.1) is 11.3 Å². The number of likely N-dealkylation sites (N-methyl/N-ethyl adjacent to an activating group) is 1. The second kappa shape index (κ2) is 10.6. The van der Waals surface area contributed by atoms with Crippen molar-refractivity contribution in [2.45, 2.75) is 65.6 Å². The summed E-state index contributed by atoms with van der Waals surface area (Å²) < 4.78 is 11.1. The number of benzene rings is 1. The average molecular weight is 498 g/mol. The zero-order chi connectivity index (χ0) is 25.2. The van der Waals surface area contributed by atoms with E-state index in [1.165, 1.54) is 9.75 Å². The van der Waals surface area contributed by atoms with E-state index in [-0.39, 0.29) is 11.6 Å². The lowest BCUT2D eigenvalue weighted by Crippen LogP contribution is -2.53. The number of nitrogens with zero attached hydrogens (tertiary/aromatic N) is 3. The van der Waals surface area contributed by atoms with Crippen molar-refractivity contribution >= 4 is 17.4 Å². The maximum Gasteiger partial charge on any atom is 0.325 e. The molecule has 2 aliphatic rings. The molecule has 7 heteroatoms. The smallest absolute Gasteiger partial charge is 0.325 e. The molecule has 0 atom stereocenters. The van der Waals surface area contributed by atoms with Crippen LogP contribution in [0.1, 0.15) is 54.5 Å². The molecule has 0 bridgehead atoms. The molecule has 0 saturated carbocycles. The average Bonchev–Trinajstić information content (AvgIpc) is 3.41. The maximum absolute atomic E-state index is 13.7. The second-order valence-corrected chi connectivity index (χ2v) is 10.7. The van der Waals surface area contributed by atoms with Crippen LogP contribution in [0.25, 0.3) is 0 Å². The van der Waals surface area contributed by atoms with Crippen LogP contribution < -0.4 is 9.47 Å². The Hall–Kier alpha value is -2.51. The summed E-state index contributed by atoms with van der Waals surface area (Å²) in [5.41, 5.74) is 2.98. The fraction of sp³-hybridized carbons (Fsp3) is 0.536. The lowest BCUT2D eigenvalue weighted by molar-refractivity contribution is 0.0894. The summed E-state index contributed by atoms with van der Waals surface area (Å²) in [4.78, 5) is 23.3. The van der Waals surface area contributed by atoms with Crippen LogP contribution in [0.4, 0.5) is 4.79 Å². The molecule has 2 aromatic rings. The molecule has 0 radical (unpaired) electrons. The number of carbonyl (C=O) groups is 1. The predicted molar refractivity (Wildman–Crippen MR) is 142 cm³/mol. The van der Waals surface area contributed by atoms with Gasteiger partial charge in [-0.1, -0.05) is 13.0 Å². The first-order valence-corrected chi connectivity index (χ1v) is 13.5. The number of thiophene rings is 1. The summed E-state index contributed by atoms with van der Waals surface area (Å²) in [7, 11) is 3.33. The summed E-state index contributed by atoms with van der Waals surface area (Å²) in [6, 6.07) is 8.54. The molecule has 0 unspecified atom stereocenters. The Morgan fingerprint density at radius 1 is 1.06 bits per heavy atom. The third kappa shape index (κ3) is 4.68. The van der Waals surface area contributed by atoms with Gasteiger partial charge in [0.25, 0.3) is 0 Å². The van der Waals surface area contributed by atoms with E-state index in [1.54, 1.807) is 14.2 Å². The van der Waals surface area contributed by atoms with Crippen molar-refractivity contribution in [3.8, 4) is 11.5 Å². The van der Waals surface area contributed by atoms with Crippen molar-refractivity contribution in [2.24, 2.45) is 0 Å². The van der Waals surface area contributed by atoms with Crippen molar-refractivity contribution in [3.05, 3.63) is 56.9 Å². The van der Waals surface area contributed by atoms with E-state index >= 15 is 0 Å². The van der Waals surface area contributed by atoms with Gasteiger partial charge in [-0.2, -0.15) is 0 Å². The van der Waals surface area contributed by atoms with Crippen LogP contribution in [0.15, 0.2) is 36.0 Å². The van der Waals surface area contributed by atoms with Crippen molar-refractivity contribution in [3.63, 3.8) is 0 Å². The predicted octanol–water partition coefficient (Wildman–Crippen LogP) is 5.83.